The molecule has 1 aromatic heterocycles. The van der Waals surface area contributed by atoms with Gasteiger partial charge in [0.15, 0.2) is 0 Å². The Labute approximate surface area is 89.5 Å². The molecule has 1 aromatic rings. The van der Waals surface area contributed by atoms with Gasteiger partial charge in [-0.05, 0) is 31.4 Å². The molecule has 3 heteroatoms. The van der Waals surface area contributed by atoms with Crippen molar-refractivity contribution in [2.24, 2.45) is 0 Å². The van der Waals surface area contributed by atoms with Crippen LogP contribution in [0, 0.1) is 18.8 Å². The molecule has 0 radical (unpaired) electrons. The van der Waals surface area contributed by atoms with Crippen molar-refractivity contribution >= 4 is 5.97 Å². The Morgan fingerprint density at radius 2 is 2.40 bits per heavy atom. The van der Waals surface area contributed by atoms with E-state index >= 15 is 0 Å². The van der Waals surface area contributed by atoms with Crippen molar-refractivity contribution in [3.8, 4) is 11.8 Å². The van der Waals surface area contributed by atoms with Gasteiger partial charge < -0.3 is 4.74 Å². The fourth-order valence-electron chi connectivity index (χ4n) is 1.03. The molecule has 78 valence electrons. The summed E-state index contributed by atoms with van der Waals surface area (Å²) in [4.78, 5) is 15.1. The summed E-state index contributed by atoms with van der Waals surface area (Å²) >= 11 is 0. The van der Waals surface area contributed by atoms with Crippen molar-refractivity contribution in [3.05, 3.63) is 29.6 Å². The standard InChI is InChI=1S/C12H13NO2/c1-3-15-12(14)8-4-7-11-10(2)6-5-9-13-11/h5-6,9H,3,8H2,1-2H3. The third-order valence-electron chi connectivity index (χ3n) is 1.75. The first kappa shape index (κ1) is 11.3. The summed E-state index contributed by atoms with van der Waals surface area (Å²) in [6, 6.07) is 3.78. The molecule has 0 amide bonds. The maximum atomic E-state index is 11.0. The summed E-state index contributed by atoms with van der Waals surface area (Å²) in [6.45, 7) is 4.10. The van der Waals surface area contributed by atoms with E-state index in [1.807, 2.05) is 19.1 Å². The van der Waals surface area contributed by atoms with Crippen LogP contribution in [-0.4, -0.2) is 17.6 Å². The molecule has 0 spiro atoms. The molecule has 0 saturated heterocycles. The fraction of sp³-hybridized carbons (Fsp3) is 0.333. The third-order valence-corrected chi connectivity index (χ3v) is 1.75. The highest BCUT2D eigenvalue weighted by Gasteiger charge is 1.97. The minimum atomic E-state index is -0.293. The van der Waals surface area contributed by atoms with E-state index in [0.29, 0.717) is 12.3 Å². The minimum Gasteiger partial charge on any atom is -0.465 e. The first-order valence-electron chi connectivity index (χ1n) is 4.80. The van der Waals surface area contributed by atoms with Gasteiger partial charge in [0.25, 0.3) is 0 Å². The van der Waals surface area contributed by atoms with E-state index in [9.17, 15) is 4.79 Å². The van der Waals surface area contributed by atoms with Crippen LogP contribution in [-0.2, 0) is 9.53 Å². The lowest BCUT2D eigenvalue weighted by molar-refractivity contribution is -0.141. The second kappa shape index (κ2) is 5.82. The van der Waals surface area contributed by atoms with Gasteiger partial charge in [0.2, 0.25) is 0 Å². The normalized spacial score (nSPS) is 8.93. The van der Waals surface area contributed by atoms with Crippen molar-refractivity contribution in [2.75, 3.05) is 6.61 Å². The molecule has 0 unspecified atom stereocenters. The maximum absolute atomic E-state index is 11.0. The van der Waals surface area contributed by atoms with Gasteiger partial charge in [-0.2, -0.15) is 0 Å². The second-order valence-electron chi connectivity index (χ2n) is 2.95. The zero-order valence-corrected chi connectivity index (χ0v) is 8.91. The Morgan fingerprint density at radius 1 is 1.60 bits per heavy atom. The van der Waals surface area contributed by atoms with Crippen LogP contribution in [0.15, 0.2) is 18.3 Å². The van der Waals surface area contributed by atoms with Gasteiger partial charge in [-0.1, -0.05) is 12.0 Å². The number of ether oxygens (including phenoxy) is 1. The number of aryl methyl sites for hydroxylation is 1. The fourth-order valence-corrected chi connectivity index (χ4v) is 1.03. The minimum absolute atomic E-state index is 0.115. The number of hydrogen-bond acceptors (Lipinski definition) is 3. The topological polar surface area (TPSA) is 39.2 Å². The predicted octanol–water partition coefficient (Wildman–Crippen LogP) is 1.69. The lowest BCUT2D eigenvalue weighted by atomic mass is 10.2. The van der Waals surface area contributed by atoms with E-state index < -0.39 is 0 Å². The van der Waals surface area contributed by atoms with Crippen LogP contribution < -0.4 is 0 Å². The SMILES string of the molecule is CCOC(=O)CC#Cc1ncccc1C. The van der Waals surface area contributed by atoms with Crippen LogP contribution in [0.2, 0.25) is 0 Å². The zero-order chi connectivity index (χ0) is 11.1. The highest BCUT2D eigenvalue weighted by atomic mass is 16.5. The predicted molar refractivity (Wildman–Crippen MR) is 57.1 cm³/mol. The van der Waals surface area contributed by atoms with Gasteiger partial charge in [-0.3, -0.25) is 4.79 Å². The molecule has 0 aliphatic rings. The number of carbonyl (C=O) groups excluding carboxylic acids is 1. The number of nitrogens with zero attached hydrogens (tertiary/aromatic N) is 1. The molecule has 0 bridgehead atoms. The number of carbonyl (C=O) groups is 1. The largest absolute Gasteiger partial charge is 0.465 e. The van der Waals surface area contributed by atoms with Crippen LogP contribution in [0.25, 0.3) is 0 Å². The van der Waals surface area contributed by atoms with Gasteiger partial charge in [-0.25, -0.2) is 4.98 Å². The van der Waals surface area contributed by atoms with Gasteiger partial charge in [0.1, 0.15) is 12.1 Å². The number of aromatic nitrogens is 1. The number of esters is 1. The third kappa shape index (κ3) is 3.82. The average molecular weight is 203 g/mol. The number of hydrogen-bond donors (Lipinski definition) is 0. The highest BCUT2D eigenvalue weighted by molar-refractivity contribution is 5.72. The van der Waals surface area contributed by atoms with Crippen molar-refractivity contribution in [3.63, 3.8) is 0 Å². The molecule has 15 heavy (non-hydrogen) atoms. The Bertz CT molecular complexity index is 402. The lowest BCUT2D eigenvalue weighted by Gasteiger charge is -1.95. The Kier molecular flexibility index (Phi) is 4.36. The van der Waals surface area contributed by atoms with Crippen molar-refractivity contribution in [1.29, 1.82) is 0 Å². The molecule has 0 N–H and O–H groups in total. The Hall–Kier alpha value is -1.82. The van der Waals surface area contributed by atoms with Gasteiger partial charge in [-0.15, -0.1) is 0 Å². The summed E-state index contributed by atoms with van der Waals surface area (Å²) in [7, 11) is 0. The van der Waals surface area contributed by atoms with Crippen molar-refractivity contribution in [2.45, 2.75) is 20.3 Å². The molecular weight excluding hydrogens is 190 g/mol. The molecule has 0 fully saturated rings. The monoisotopic (exact) mass is 203 g/mol. The van der Waals surface area contributed by atoms with Crippen molar-refractivity contribution in [1.82, 2.24) is 4.98 Å². The summed E-state index contributed by atoms with van der Waals surface area (Å²) in [5, 5.41) is 0. The first-order valence-corrected chi connectivity index (χ1v) is 4.80. The molecule has 0 saturated carbocycles. The van der Waals surface area contributed by atoms with Gasteiger partial charge in [0, 0.05) is 6.20 Å². The van der Waals surface area contributed by atoms with Crippen molar-refractivity contribution < 1.29 is 9.53 Å². The molecule has 0 aliphatic heterocycles. The smallest absolute Gasteiger partial charge is 0.317 e. The van der Waals surface area contributed by atoms with E-state index in [-0.39, 0.29) is 12.4 Å². The van der Waals surface area contributed by atoms with E-state index in [4.69, 9.17) is 4.74 Å². The van der Waals surface area contributed by atoms with E-state index in [0.717, 1.165) is 5.56 Å². The quantitative estimate of drug-likeness (QED) is 0.542. The van der Waals surface area contributed by atoms with Crippen LogP contribution in [0.4, 0.5) is 0 Å². The maximum Gasteiger partial charge on any atom is 0.317 e. The molecule has 1 heterocycles. The highest BCUT2D eigenvalue weighted by Crippen LogP contribution is 2.00. The summed E-state index contributed by atoms with van der Waals surface area (Å²) in [6.07, 6.45) is 1.80. The zero-order valence-electron chi connectivity index (χ0n) is 8.91. The van der Waals surface area contributed by atoms with Gasteiger partial charge >= 0.3 is 5.97 Å². The average Bonchev–Trinajstić information content (AvgIpc) is 2.21. The lowest BCUT2D eigenvalue weighted by Crippen LogP contribution is -2.01. The molecular formula is C12H13NO2. The molecule has 0 aliphatic carbocycles. The number of rotatable bonds is 2. The van der Waals surface area contributed by atoms with Crippen LogP contribution in [0.5, 0.6) is 0 Å². The molecule has 0 aromatic carbocycles. The summed E-state index contributed by atoms with van der Waals surface area (Å²) in [5.41, 5.74) is 1.72. The Balaban J connectivity index is 2.59. The molecule has 1 rings (SSSR count). The number of pyridine rings is 1. The van der Waals surface area contributed by atoms with E-state index in [1.54, 1.807) is 13.1 Å². The second-order valence-corrected chi connectivity index (χ2v) is 2.95. The van der Waals surface area contributed by atoms with Crippen LogP contribution in [0.3, 0.4) is 0 Å². The molecule has 0 atom stereocenters. The van der Waals surface area contributed by atoms with Crippen LogP contribution in [0.1, 0.15) is 24.6 Å². The molecule has 3 nitrogen and oxygen atoms in total. The van der Waals surface area contributed by atoms with Gasteiger partial charge in [0.05, 0.1) is 6.61 Å². The van der Waals surface area contributed by atoms with Crippen LogP contribution >= 0.6 is 0 Å². The summed E-state index contributed by atoms with van der Waals surface area (Å²) in [5.74, 6) is 5.29. The van der Waals surface area contributed by atoms with E-state index in [2.05, 4.69) is 16.8 Å². The first-order chi connectivity index (χ1) is 7.24. The summed E-state index contributed by atoms with van der Waals surface area (Å²) < 4.78 is 4.75. The van der Waals surface area contributed by atoms with E-state index in [1.165, 1.54) is 0 Å². The Morgan fingerprint density at radius 3 is 3.07 bits per heavy atom.